The number of hydrogen-bond donors (Lipinski definition) is 1. The van der Waals surface area contributed by atoms with E-state index in [1.54, 1.807) is 0 Å². The van der Waals surface area contributed by atoms with Crippen molar-refractivity contribution in [1.82, 2.24) is 0 Å². The minimum atomic E-state index is -0.651. The molecule has 0 aliphatic heterocycles. The van der Waals surface area contributed by atoms with Crippen molar-refractivity contribution < 1.29 is 14.4 Å². The number of rotatable bonds is 3. The molecule has 0 heterocycles. The number of nitrogens with two attached hydrogens (primary N) is 1. The van der Waals surface area contributed by atoms with E-state index in [0.717, 1.165) is 56.9 Å². The first-order valence-electron chi connectivity index (χ1n) is 14.7. The summed E-state index contributed by atoms with van der Waals surface area (Å²) in [5, 5.41) is 9.89. The molecule has 3 saturated carbocycles. The average Bonchev–Trinajstić information content (AvgIpc) is 2.82. The predicted molar refractivity (Wildman–Crippen MR) is 147 cm³/mol. The summed E-state index contributed by atoms with van der Waals surface area (Å²) in [5.74, 6) is 0.0929. The number of fused-ring (bicyclic) bond motifs is 7. The lowest BCUT2D eigenvalue weighted by Crippen LogP contribution is -2.64. The Morgan fingerprint density at radius 1 is 1.03 bits per heavy atom. The van der Waals surface area contributed by atoms with Gasteiger partial charge >= 0.3 is 0 Å². The van der Waals surface area contributed by atoms with E-state index in [0.29, 0.717) is 6.42 Å². The van der Waals surface area contributed by atoms with Crippen LogP contribution in [-0.4, -0.2) is 17.5 Å². The van der Waals surface area contributed by atoms with Crippen molar-refractivity contribution >= 4 is 17.5 Å². The Hall–Kier alpha value is -2.22. The number of carbonyl (C=O) groups is 3. The van der Waals surface area contributed by atoms with Gasteiger partial charge in [0.1, 0.15) is 6.07 Å². The first kappa shape index (κ1) is 27.4. The summed E-state index contributed by atoms with van der Waals surface area (Å²) in [7, 11) is 0. The van der Waals surface area contributed by atoms with E-state index in [-0.39, 0.29) is 62.5 Å². The lowest BCUT2D eigenvalue weighted by molar-refractivity contribution is -0.172. The molecule has 0 aromatic rings. The van der Waals surface area contributed by atoms with E-state index < -0.39 is 10.8 Å². The molecule has 5 nitrogen and oxygen atoms in total. The van der Waals surface area contributed by atoms with Gasteiger partial charge in [0.15, 0.2) is 11.6 Å². The second-order valence-corrected chi connectivity index (χ2v) is 15.6. The van der Waals surface area contributed by atoms with Gasteiger partial charge < -0.3 is 5.73 Å². The minimum Gasteiger partial charge on any atom is -0.370 e. The van der Waals surface area contributed by atoms with Crippen molar-refractivity contribution in [2.75, 3.05) is 0 Å². The first-order chi connectivity index (χ1) is 17.5. The molecule has 0 aromatic carbocycles. The summed E-state index contributed by atoms with van der Waals surface area (Å²) in [6, 6.07) is 2.19. The van der Waals surface area contributed by atoms with Gasteiger partial charge in [-0.3, -0.25) is 14.4 Å². The van der Waals surface area contributed by atoms with Gasteiger partial charge in [0.25, 0.3) is 0 Å². The number of carbonyl (C=O) groups excluding carboxylic acids is 3. The molecule has 7 atom stereocenters. The van der Waals surface area contributed by atoms with E-state index in [2.05, 4.69) is 40.7 Å². The Labute approximate surface area is 228 Å². The van der Waals surface area contributed by atoms with Crippen molar-refractivity contribution in [3.05, 3.63) is 23.3 Å². The highest BCUT2D eigenvalue weighted by atomic mass is 16.1. The zero-order valence-electron chi connectivity index (χ0n) is 24.5. The molecule has 1 amide bonds. The molecule has 0 radical (unpaired) electrons. The molecule has 0 saturated heterocycles. The highest BCUT2D eigenvalue weighted by Gasteiger charge is 2.69. The zero-order valence-corrected chi connectivity index (χ0v) is 24.5. The Kier molecular flexibility index (Phi) is 5.87. The van der Waals surface area contributed by atoms with Gasteiger partial charge in [-0.1, -0.05) is 60.1 Å². The molecule has 0 aromatic heterocycles. The fraction of sp³-hybridized carbons (Fsp3) is 0.758. The zero-order chi connectivity index (χ0) is 28.1. The maximum Gasteiger partial charge on any atom is 0.217 e. The fourth-order valence-electron chi connectivity index (χ4n) is 10.5. The lowest BCUT2D eigenvalue weighted by atomic mass is 9.34. The SMILES string of the molecule is CC1(C)CC[C@]2(CCC(N)=O)CC[C@]3(C)C(C(=O)C=C4[C@@]5(C)C=C(C#N)C(=O)C(C)(C)C5CC[C@]43C)C2C1. The molecule has 2 N–H and O–H groups in total. The van der Waals surface area contributed by atoms with Crippen LogP contribution in [-0.2, 0) is 14.4 Å². The Morgan fingerprint density at radius 3 is 2.32 bits per heavy atom. The van der Waals surface area contributed by atoms with E-state index in [1.165, 1.54) is 0 Å². The summed E-state index contributed by atoms with van der Waals surface area (Å²) in [6.07, 6.45) is 12.0. The molecule has 206 valence electrons. The fourth-order valence-corrected chi connectivity index (χ4v) is 10.5. The van der Waals surface area contributed by atoms with Crippen LogP contribution in [0, 0.1) is 61.6 Å². The number of Topliss-reactive ketones (excluding diaryl/α,β-unsaturated/α-hetero) is 1. The van der Waals surface area contributed by atoms with Crippen LogP contribution >= 0.6 is 0 Å². The van der Waals surface area contributed by atoms with Crippen LogP contribution in [0.2, 0.25) is 0 Å². The molecule has 5 aliphatic rings. The second kappa shape index (κ2) is 8.15. The highest BCUT2D eigenvalue weighted by Crippen LogP contribution is 2.75. The molecule has 5 aliphatic carbocycles. The van der Waals surface area contributed by atoms with Crippen molar-refractivity contribution in [3.8, 4) is 6.07 Å². The standard InChI is InChI=1S/C33H46N2O3/c1-28(2)12-14-33(11-9-25(35)37)15-13-32(7)26(21(33)18-28)22(36)16-24-30(5)17-20(19-34)27(38)29(3,4)23(30)8-10-31(24,32)6/h16-17,21,23,26H,8-15,18H2,1-7H3,(H2,35,37)/t21?,23?,26?,30-,31+,32+,33+/m0/s1. The smallest absolute Gasteiger partial charge is 0.217 e. The van der Waals surface area contributed by atoms with Gasteiger partial charge in [-0.05, 0) is 90.9 Å². The third-order valence-electron chi connectivity index (χ3n) is 12.9. The monoisotopic (exact) mass is 518 g/mol. The first-order valence-corrected chi connectivity index (χ1v) is 14.7. The Bertz CT molecular complexity index is 1220. The number of ketones is 2. The molecular weight excluding hydrogens is 472 g/mol. The predicted octanol–water partition coefficient (Wildman–Crippen LogP) is 6.47. The highest BCUT2D eigenvalue weighted by molar-refractivity contribution is 6.04. The summed E-state index contributed by atoms with van der Waals surface area (Å²) >= 11 is 0. The Balaban J connectivity index is 1.66. The summed E-state index contributed by atoms with van der Waals surface area (Å²) in [4.78, 5) is 39.6. The van der Waals surface area contributed by atoms with Crippen LogP contribution in [0.25, 0.3) is 0 Å². The number of hydrogen-bond acceptors (Lipinski definition) is 4. The maximum absolute atomic E-state index is 14.4. The number of nitrogens with zero attached hydrogens (tertiary/aromatic N) is 1. The van der Waals surface area contributed by atoms with Gasteiger partial charge in [0.05, 0.1) is 5.57 Å². The van der Waals surface area contributed by atoms with E-state index in [1.807, 2.05) is 26.0 Å². The average molecular weight is 519 g/mol. The van der Waals surface area contributed by atoms with E-state index in [4.69, 9.17) is 5.73 Å². The summed E-state index contributed by atoms with van der Waals surface area (Å²) in [5.41, 5.74) is 5.57. The summed E-state index contributed by atoms with van der Waals surface area (Å²) in [6.45, 7) is 15.5. The van der Waals surface area contributed by atoms with E-state index >= 15 is 0 Å². The summed E-state index contributed by atoms with van der Waals surface area (Å²) < 4.78 is 0. The molecule has 38 heavy (non-hydrogen) atoms. The van der Waals surface area contributed by atoms with Gasteiger partial charge in [-0.25, -0.2) is 0 Å². The van der Waals surface area contributed by atoms with Crippen LogP contribution in [0.5, 0.6) is 0 Å². The van der Waals surface area contributed by atoms with Crippen LogP contribution in [0.3, 0.4) is 0 Å². The molecule has 3 unspecified atom stereocenters. The quantitative estimate of drug-likeness (QED) is 0.462. The molecule has 0 spiro atoms. The van der Waals surface area contributed by atoms with Gasteiger partial charge in [0.2, 0.25) is 5.91 Å². The minimum absolute atomic E-state index is 0.0136. The molecule has 3 fully saturated rings. The molecular formula is C33H46N2O3. The number of nitriles is 1. The van der Waals surface area contributed by atoms with Gasteiger partial charge in [-0.15, -0.1) is 0 Å². The second-order valence-electron chi connectivity index (χ2n) is 15.6. The molecule has 5 rings (SSSR count). The van der Waals surface area contributed by atoms with Crippen LogP contribution in [0.1, 0.15) is 106 Å². The third kappa shape index (κ3) is 3.44. The number of allylic oxidation sites excluding steroid dienone is 4. The van der Waals surface area contributed by atoms with Crippen LogP contribution in [0.4, 0.5) is 0 Å². The molecule has 0 bridgehead atoms. The third-order valence-corrected chi connectivity index (χ3v) is 12.9. The lowest BCUT2D eigenvalue weighted by Gasteiger charge is -2.69. The van der Waals surface area contributed by atoms with Crippen molar-refractivity contribution in [1.29, 1.82) is 5.26 Å². The largest absolute Gasteiger partial charge is 0.370 e. The number of primary amides is 1. The van der Waals surface area contributed by atoms with Crippen LogP contribution < -0.4 is 5.73 Å². The maximum atomic E-state index is 14.4. The van der Waals surface area contributed by atoms with Gasteiger partial charge in [-0.2, -0.15) is 5.26 Å². The van der Waals surface area contributed by atoms with E-state index in [9.17, 15) is 19.6 Å². The number of amides is 1. The molecule has 5 heteroatoms. The van der Waals surface area contributed by atoms with Crippen LogP contribution in [0.15, 0.2) is 23.3 Å². The van der Waals surface area contributed by atoms with Crippen molar-refractivity contribution in [2.45, 2.75) is 106 Å². The van der Waals surface area contributed by atoms with Crippen molar-refractivity contribution in [2.24, 2.45) is 56.0 Å². The van der Waals surface area contributed by atoms with Crippen molar-refractivity contribution in [3.63, 3.8) is 0 Å². The Morgan fingerprint density at radius 2 is 1.68 bits per heavy atom. The normalized spacial score (nSPS) is 44.8. The van der Waals surface area contributed by atoms with Gasteiger partial charge in [0, 0.05) is 23.2 Å². The topological polar surface area (TPSA) is 101 Å².